The van der Waals surface area contributed by atoms with Gasteiger partial charge >= 0.3 is 0 Å². The quantitative estimate of drug-likeness (QED) is 0.221. The van der Waals surface area contributed by atoms with E-state index in [1.54, 1.807) is 6.92 Å². The van der Waals surface area contributed by atoms with Crippen molar-refractivity contribution in [2.24, 2.45) is 0 Å². The van der Waals surface area contributed by atoms with Crippen LogP contribution in [-0.2, 0) is 11.2 Å². The maximum Gasteiger partial charge on any atom is 0.294 e. The number of aromatic nitrogens is 1. The van der Waals surface area contributed by atoms with E-state index in [0.717, 1.165) is 46.9 Å². The minimum Gasteiger partial charge on any atom is -0.503 e. The molecule has 5 rings (SSSR count). The first kappa shape index (κ1) is 27.3. The predicted molar refractivity (Wildman–Crippen MR) is 162 cm³/mol. The molecule has 1 atom stereocenters. The zero-order valence-corrected chi connectivity index (χ0v) is 24.0. The fourth-order valence-electron chi connectivity index (χ4n) is 5.20. The number of rotatable bonds is 9. The standard InChI is InChI=1S/C33H33N3O3S/c1-5-22-13-17-26(18-14-22)36-28(23-15-19-25(20-16-23)35(6-2)7-3)27(30(38)33(36)39)29(37)31-21(4)34-32(40-31)24-11-9-8-10-12-24/h8-20,28,38H,5-7H2,1-4H3. The molecule has 0 spiro atoms. The highest BCUT2D eigenvalue weighted by molar-refractivity contribution is 7.17. The number of hydrogen-bond acceptors (Lipinski definition) is 6. The van der Waals surface area contributed by atoms with E-state index in [0.29, 0.717) is 16.3 Å². The van der Waals surface area contributed by atoms with Crippen LogP contribution in [0.4, 0.5) is 11.4 Å². The zero-order chi connectivity index (χ0) is 28.4. The van der Waals surface area contributed by atoms with Crippen molar-refractivity contribution in [2.75, 3.05) is 22.9 Å². The summed E-state index contributed by atoms with van der Waals surface area (Å²) in [7, 11) is 0. The highest BCUT2D eigenvalue weighted by Crippen LogP contribution is 2.43. The highest BCUT2D eigenvalue weighted by Gasteiger charge is 2.45. The van der Waals surface area contributed by atoms with Crippen LogP contribution in [0.15, 0.2) is 90.2 Å². The van der Waals surface area contributed by atoms with Gasteiger partial charge in [0.1, 0.15) is 5.01 Å². The lowest BCUT2D eigenvalue weighted by Crippen LogP contribution is -2.31. The lowest BCUT2D eigenvalue weighted by Gasteiger charge is -2.28. The van der Waals surface area contributed by atoms with Crippen LogP contribution in [-0.4, -0.2) is 34.9 Å². The fourth-order valence-corrected chi connectivity index (χ4v) is 6.23. The van der Waals surface area contributed by atoms with Gasteiger partial charge in [0.2, 0.25) is 5.78 Å². The molecule has 2 heterocycles. The Kier molecular flexibility index (Phi) is 7.85. The Morgan fingerprint density at radius 2 is 1.60 bits per heavy atom. The molecule has 40 heavy (non-hydrogen) atoms. The average molecular weight is 552 g/mol. The number of thiazole rings is 1. The number of aryl methyl sites for hydroxylation is 2. The second-order valence-electron chi connectivity index (χ2n) is 9.75. The van der Waals surface area contributed by atoms with Crippen molar-refractivity contribution in [3.8, 4) is 10.6 Å². The van der Waals surface area contributed by atoms with Crippen LogP contribution < -0.4 is 9.80 Å². The number of anilines is 2. The van der Waals surface area contributed by atoms with Gasteiger partial charge in [-0.2, -0.15) is 0 Å². The molecule has 1 unspecified atom stereocenters. The van der Waals surface area contributed by atoms with Crippen LogP contribution >= 0.6 is 11.3 Å². The molecule has 0 fully saturated rings. The maximum absolute atomic E-state index is 14.2. The number of nitrogens with zero attached hydrogens (tertiary/aromatic N) is 3. The first-order chi connectivity index (χ1) is 19.4. The number of amides is 1. The van der Waals surface area contributed by atoms with Crippen molar-refractivity contribution in [1.82, 2.24) is 4.98 Å². The lowest BCUT2D eigenvalue weighted by molar-refractivity contribution is -0.117. The molecule has 0 bridgehead atoms. The number of ketones is 1. The maximum atomic E-state index is 14.2. The Labute approximate surface area is 239 Å². The SMILES string of the molecule is CCc1ccc(N2C(=O)C(O)=C(C(=O)c3sc(-c4ccccc4)nc3C)C2c2ccc(N(CC)CC)cc2)cc1. The molecule has 4 aromatic rings. The monoisotopic (exact) mass is 551 g/mol. The minimum absolute atomic E-state index is 0.0755. The largest absolute Gasteiger partial charge is 0.503 e. The van der Waals surface area contributed by atoms with E-state index < -0.39 is 17.7 Å². The van der Waals surface area contributed by atoms with Gasteiger partial charge in [0.15, 0.2) is 5.76 Å². The second-order valence-corrected chi connectivity index (χ2v) is 10.8. The van der Waals surface area contributed by atoms with Crippen molar-refractivity contribution < 1.29 is 14.7 Å². The van der Waals surface area contributed by atoms with Gasteiger partial charge < -0.3 is 10.0 Å². The van der Waals surface area contributed by atoms with Crippen molar-refractivity contribution >= 4 is 34.4 Å². The smallest absolute Gasteiger partial charge is 0.294 e. The minimum atomic E-state index is -0.778. The van der Waals surface area contributed by atoms with Gasteiger partial charge in [0.25, 0.3) is 5.91 Å². The fraction of sp³-hybridized carbons (Fsp3) is 0.242. The summed E-state index contributed by atoms with van der Waals surface area (Å²) >= 11 is 1.28. The van der Waals surface area contributed by atoms with Crippen LogP contribution in [0.25, 0.3) is 10.6 Å². The Balaban J connectivity index is 1.61. The lowest BCUT2D eigenvalue weighted by atomic mass is 9.94. The van der Waals surface area contributed by atoms with Crippen molar-refractivity contribution in [3.05, 3.63) is 112 Å². The predicted octanol–water partition coefficient (Wildman–Crippen LogP) is 7.31. The molecule has 1 aliphatic rings. The number of carbonyl (C=O) groups excluding carboxylic acids is 2. The summed E-state index contributed by atoms with van der Waals surface area (Å²) in [6.45, 7) is 9.81. The third-order valence-corrected chi connectivity index (χ3v) is 8.64. The summed E-state index contributed by atoms with van der Waals surface area (Å²) < 4.78 is 0. The molecule has 0 radical (unpaired) electrons. The summed E-state index contributed by atoms with van der Waals surface area (Å²) in [5.74, 6) is -1.49. The van der Waals surface area contributed by atoms with Gasteiger partial charge in [-0.1, -0.05) is 61.5 Å². The summed E-state index contributed by atoms with van der Waals surface area (Å²) in [5.41, 5.74) is 5.13. The zero-order valence-electron chi connectivity index (χ0n) is 23.2. The van der Waals surface area contributed by atoms with Crippen LogP contribution in [0.3, 0.4) is 0 Å². The topological polar surface area (TPSA) is 73.7 Å². The first-order valence-corrected chi connectivity index (χ1v) is 14.5. The molecule has 3 aromatic carbocycles. The van der Waals surface area contributed by atoms with E-state index in [-0.39, 0.29) is 11.4 Å². The Bertz CT molecular complexity index is 1550. The third kappa shape index (κ3) is 4.93. The van der Waals surface area contributed by atoms with Crippen LogP contribution in [0.5, 0.6) is 0 Å². The Morgan fingerprint density at radius 3 is 2.20 bits per heavy atom. The molecule has 1 aromatic heterocycles. The Hall–Kier alpha value is -4.23. The molecule has 1 aliphatic heterocycles. The summed E-state index contributed by atoms with van der Waals surface area (Å²) in [4.78, 5) is 36.6. The normalized spacial score (nSPS) is 15.2. The van der Waals surface area contributed by atoms with E-state index >= 15 is 0 Å². The van der Waals surface area contributed by atoms with Gasteiger partial charge in [-0.25, -0.2) is 4.98 Å². The number of carbonyl (C=O) groups is 2. The molecule has 0 aliphatic carbocycles. The van der Waals surface area contributed by atoms with Crippen molar-refractivity contribution in [1.29, 1.82) is 0 Å². The molecule has 1 N–H and O–H groups in total. The van der Waals surface area contributed by atoms with E-state index in [4.69, 9.17) is 0 Å². The average Bonchev–Trinajstić information content (AvgIpc) is 3.51. The number of aliphatic hydroxyl groups excluding tert-OH is 1. The summed E-state index contributed by atoms with van der Waals surface area (Å²) in [6, 6.07) is 24.5. The molecule has 0 saturated heterocycles. The summed E-state index contributed by atoms with van der Waals surface area (Å²) in [5, 5.41) is 12.0. The molecular weight excluding hydrogens is 518 g/mol. The van der Waals surface area contributed by atoms with Crippen LogP contribution in [0, 0.1) is 6.92 Å². The molecule has 1 amide bonds. The van der Waals surface area contributed by atoms with Crippen molar-refractivity contribution in [2.45, 2.75) is 40.2 Å². The van der Waals surface area contributed by atoms with Gasteiger partial charge in [0, 0.05) is 30.0 Å². The second kappa shape index (κ2) is 11.5. The summed E-state index contributed by atoms with van der Waals surface area (Å²) in [6.07, 6.45) is 0.867. The number of hydrogen-bond donors (Lipinski definition) is 1. The molecule has 0 saturated carbocycles. The van der Waals surface area contributed by atoms with Gasteiger partial charge in [-0.05, 0) is 62.6 Å². The number of Topliss-reactive ketones (excluding diaryl/α,β-unsaturated/α-hetero) is 1. The van der Waals surface area contributed by atoms with Crippen LogP contribution in [0.2, 0.25) is 0 Å². The van der Waals surface area contributed by atoms with E-state index in [1.807, 2.05) is 78.9 Å². The molecule has 7 heteroatoms. The molecule has 204 valence electrons. The Morgan fingerprint density at radius 1 is 0.950 bits per heavy atom. The highest BCUT2D eigenvalue weighted by atomic mass is 32.1. The van der Waals surface area contributed by atoms with Gasteiger partial charge in [-0.15, -0.1) is 11.3 Å². The van der Waals surface area contributed by atoms with Gasteiger partial charge in [-0.3, -0.25) is 14.5 Å². The van der Waals surface area contributed by atoms with E-state index in [1.165, 1.54) is 16.2 Å². The number of aliphatic hydroxyl groups is 1. The third-order valence-electron chi connectivity index (χ3n) is 7.44. The van der Waals surface area contributed by atoms with E-state index in [2.05, 4.69) is 30.7 Å². The van der Waals surface area contributed by atoms with Crippen molar-refractivity contribution in [3.63, 3.8) is 0 Å². The first-order valence-electron chi connectivity index (χ1n) is 13.7. The number of benzene rings is 3. The van der Waals surface area contributed by atoms with Crippen LogP contribution in [0.1, 0.15) is 53.3 Å². The molecular formula is C33H33N3O3S. The van der Waals surface area contributed by atoms with Gasteiger partial charge in [0.05, 0.1) is 22.2 Å². The molecule has 6 nitrogen and oxygen atoms in total. The van der Waals surface area contributed by atoms with E-state index in [9.17, 15) is 14.7 Å².